The van der Waals surface area contributed by atoms with Crippen LogP contribution in [0.2, 0.25) is 0 Å². The Hall–Kier alpha value is -5.86. The van der Waals surface area contributed by atoms with E-state index in [1.54, 1.807) is 0 Å². The molecule has 2 aliphatic rings. The second-order valence-corrected chi connectivity index (χ2v) is 12.6. The van der Waals surface area contributed by atoms with Crippen LogP contribution >= 0.6 is 0 Å². The largest absolute Gasteiger partial charge is 0.344 e. The third-order valence-corrected chi connectivity index (χ3v) is 9.97. The number of hydrogen-bond acceptors (Lipinski definition) is 1. The Balaban J connectivity index is 0.000000258. The van der Waals surface area contributed by atoms with Crippen molar-refractivity contribution in [3.8, 4) is 11.1 Å². The minimum atomic E-state index is 0.289. The van der Waals surface area contributed by atoms with E-state index in [-0.39, 0.29) is 6.04 Å². The average molecular weight is 603 g/mol. The van der Waals surface area contributed by atoms with Crippen molar-refractivity contribution in [2.45, 2.75) is 12.0 Å². The van der Waals surface area contributed by atoms with Gasteiger partial charge in [0.1, 0.15) is 0 Å². The fourth-order valence-corrected chi connectivity index (χ4v) is 7.62. The van der Waals surface area contributed by atoms with Gasteiger partial charge in [0.15, 0.2) is 0 Å². The van der Waals surface area contributed by atoms with Gasteiger partial charge in [-0.15, -0.1) is 0 Å². The molecule has 2 heteroatoms. The summed E-state index contributed by atoms with van der Waals surface area (Å²) in [5, 5.41) is 7.79. The molecule has 2 heterocycles. The van der Waals surface area contributed by atoms with Gasteiger partial charge in [0.2, 0.25) is 0 Å². The van der Waals surface area contributed by atoms with Gasteiger partial charge >= 0.3 is 0 Å². The number of nitrogens with zero attached hydrogens (tertiary/aromatic N) is 2. The molecule has 1 aliphatic carbocycles. The predicted octanol–water partition coefficient (Wildman–Crippen LogP) is 11.7. The Morgan fingerprint density at radius 1 is 0.468 bits per heavy atom. The number of rotatable bonds is 2. The summed E-state index contributed by atoms with van der Waals surface area (Å²) < 4.78 is 2.29. The smallest absolute Gasteiger partial charge is 0.0629 e. The van der Waals surface area contributed by atoms with Gasteiger partial charge in [-0.3, -0.25) is 0 Å². The molecule has 0 fully saturated rings. The fraction of sp³-hybridized carbons (Fsp3) is 0.0667. The average Bonchev–Trinajstić information content (AvgIpc) is 3.63. The van der Waals surface area contributed by atoms with Crippen LogP contribution < -0.4 is 4.90 Å². The molecule has 0 amide bonds. The maximum Gasteiger partial charge on any atom is 0.0629 e. The number of para-hydroxylation sites is 1. The maximum absolute atomic E-state index is 2.53. The van der Waals surface area contributed by atoms with Crippen LogP contribution in [0.3, 0.4) is 0 Å². The van der Waals surface area contributed by atoms with Crippen LogP contribution in [0.25, 0.3) is 54.5 Å². The van der Waals surface area contributed by atoms with Crippen LogP contribution in [-0.2, 0) is 7.05 Å². The summed E-state index contributed by atoms with van der Waals surface area (Å²) in [5.41, 5.74) is 9.00. The minimum absolute atomic E-state index is 0.289. The number of hydrogen-bond donors (Lipinski definition) is 0. The monoisotopic (exact) mass is 602 g/mol. The predicted molar refractivity (Wildman–Crippen MR) is 201 cm³/mol. The van der Waals surface area contributed by atoms with Gasteiger partial charge in [-0.2, -0.15) is 0 Å². The first-order valence-corrected chi connectivity index (χ1v) is 16.4. The summed E-state index contributed by atoms with van der Waals surface area (Å²) in [4.78, 5) is 2.53. The van der Waals surface area contributed by atoms with E-state index in [4.69, 9.17) is 0 Å². The van der Waals surface area contributed by atoms with Gasteiger partial charge in [-0.05, 0) is 74.6 Å². The zero-order valence-electron chi connectivity index (χ0n) is 26.3. The second kappa shape index (κ2) is 11.2. The van der Waals surface area contributed by atoms with Gasteiger partial charge in [0, 0.05) is 46.1 Å². The molecule has 1 aromatic heterocycles. The SMILES string of the molecule is Cn1c2ccccc2c2cc(-c3ccc4c(c3)N(c3ccc5ccccc5c3)C3C=CC=CC43)ccc21.c1ccc2ccccc2c1. The Bertz CT molecular complexity index is 2450. The van der Waals surface area contributed by atoms with E-state index >= 15 is 0 Å². The second-order valence-electron chi connectivity index (χ2n) is 12.6. The first-order valence-electron chi connectivity index (χ1n) is 16.4. The van der Waals surface area contributed by atoms with Gasteiger partial charge in [0.25, 0.3) is 0 Å². The van der Waals surface area contributed by atoms with E-state index in [1.165, 1.54) is 71.4 Å². The molecule has 0 N–H and O–H groups in total. The molecule has 2 atom stereocenters. The van der Waals surface area contributed by atoms with Crippen molar-refractivity contribution in [1.82, 2.24) is 4.57 Å². The summed E-state index contributed by atoms with van der Waals surface area (Å²) in [6.07, 6.45) is 9.09. The van der Waals surface area contributed by atoms with E-state index in [9.17, 15) is 0 Å². The molecule has 8 aromatic rings. The number of aromatic nitrogens is 1. The first-order chi connectivity index (χ1) is 23.2. The molecule has 2 nitrogen and oxygen atoms in total. The Kier molecular flexibility index (Phi) is 6.53. The van der Waals surface area contributed by atoms with Crippen LogP contribution in [0.4, 0.5) is 11.4 Å². The lowest BCUT2D eigenvalue weighted by atomic mass is 9.90. The number of aryl methyl sites for hydroxylation is 1. The lowest BCUT2D eigenvalue weighted by Crippen LogP contribution is -2.28. The number of fused-ring (bicyclic) bond motifs is 8. The third-order valence-electron chi connectivity index (χ3n) is 9.97. The highest BCUT2D eigenvalue weighted by Gasteiger charge is 2.37. The van der Waals surface area contributed by atoms with E-state index in [0.717, 1.165) is 0 Å². The number of anilines is 2. The van der Waals surface area contributed by atoms with Crippen molar-refractivity contribution in [2.24, 2.45) is 7.05 Å². The molecule has 47 heavy (non-hydrogen) atoms. The van der Waals surface area contributed by atoms with Crippen LogP contribution in [0.5, 0.6) is 0 Å². The normalized spacial score (nSPS) is 16.4. The standard InChI is InChI=1S/C35H26N2.C10H8/c1-36-32-12-6-4-11-29(32)31-21-25(16-19-33(31)36)26-15-18-30-28-10-5-7-13-34(28)37(35(30)22-26)27-17-14-23-8-2-3-9-24(23)20-27;1-2-6-10-8-4-3-7-9(10)5-1/h2-22,28,34H,1H3;1-8H. The number of allylic oxidation sites excluding steroid dienone is 2. The summed E-state index contributed by atoms with van der Waals surface area (Å²) in [5.74, 6) is 0.362. The summed E-state index contributed by atoms with van der Waals surface area (Å²) in [6, 6.07) is 55.1. The molecule has 0 spiro atoms. The van der Waals surface area contributed by atoms with Crippen molar-refractivity contribution < 1.29 is 0 Å². The van der Waals surface area contributed by atoms with Gasteiger partial charge in [0.05, 0.1) is 6.04 Å². The highest BCUT2D eigenvalue weighted by molar-refractivity contribution is 6.09. The lowest BCUT2D eigenvalue weighted by molar-refractivity contribution is 0.745. The molecule has 224 valence electrons. The van der Waals surface area contributed by atoms with Crippen LogP contribution in [-0.4, -0.2) is 10.6 Å². The number of benzene rings is 7. The highest BCUT2D eigenvalue weighted by Crippen LogP contribution is 2.49. The highest BCUT2D eigenvalue weighted by atomic mass is 15.2. The van der Waals surface area contributed by atoms with E-state index in [2.05, 4.69) is 192 Å². The summed E-state index contributed by atoms with van der Waals surface area (Å²) in [7, 11) is 2.16. The third kappa shape index (κ3) is 4.64. The Morgan fingerprint density at radius 3 is 1.83 bits per heavy atom. The van der Waals surface area contributed by atoms with Gasteiger partial charge in [-0.25, -0.2) is 0 Å². The molecule has 0 saturated carbocycles. The molecule has 0 bridgehead atoms. The van der Waals surface area contributed by atoms with Crippen molar-refractivity contribution in [3.63, 3.8) is 0 Å². The van der Waals surface area contributed by atoms with Crippen molar-refractivity contribution in [1.29, 1.82) is 0 Å². The summed E-state index contributed by atoms with van der Waals surface area (Å²) >= 11 is 0. The molecule has 0 saturated heterocycles. The topological polar surface area (TPSA) is 8.17 Å². The summed E-state index contributed by atoms with van der Waals surface area (Å²) in [6.45, 7) is 0. The quantitative estimate of drug-likeness (QED) is 0.191. The molecule has 10 rings (SSSR count). The molecule has 2 unspecified atom stereocenters. The van der Waals surface area contributed by atoms with E-state index < -0.39 is 0 Å². The molecular weight excluding hydrogens is 569 g/mol. The van der Waals surface area contributed by atoms with Crippen molar-refractivity contribution >= 4 is 54.7 Å². The van der Waals surface area contributed by atoms with Crippen LogP contribution in [0.1, 0.15) is 11.5 Å². The van der Waals surface area contributed by atoms with Crippen LogP contribution in [0, 0.1) is 0 Å². The minimum Gasteiger partial charge on any atom is -0.344 e. The van der Waals surface area contributed by atoms with Gasteiger partial charge in [-0.1, -0.05) is 140 Å². The molecule has 0 radical (unpaired) electrons. The zero-order valence-corrected chi connectivity index (χ0v) is 26.3. The van der Waals surface area contributed by atoms with E-state index in [0.29, 0.717) is 5.92 Å². The first kappa shape index (κ1) is 27.5. The molecule has 7 aromatic carbocycles. The van der Waals surface area contributed by atoms with E-state index in [1.807, 2.05) is 0 Å². The van der Waals surface area contributed by atoms with Gasteiger partial charge < -0.3 is 9.47 Å². The van der Waals surface area contributed by atoms with Crippen LogP contribution in [0.15, 0.2) is 176 Å². The molecular formula is C45H34N2. The Morgan fingerprint density at radius 2 is 1.06 bits per heavy atom. The zero-order chi connectivity index (χ0) is 31.3. The molecule has 1 aliphatic heterocycles. The maximum atomic E-state index is 2.53. The Labute approximate surface area is 275 Å². The van der Waals surface area contributed by atoms with Crippen molar-refractivity contribution in [2.75, 3.05) is 4.90 Å². The van der Waals surface area contributed by atoms with Crippen molar-refractivity contribution in [3.05, 3.63) is 182 Å². The fourth-order valence-electron chi connectivity index (χ4n) is 7.62. The lowest BCUT2D eigenvalue weighted by Gasteiger charge is -2.29.